The van der Waals surface area contributed by atoms with E-state index in [-0.39, 0.29) is 0 Å². The van der Waals surface area contributed by atoms with Gasteiger partial charge in [0.1, 0.15) is 12.1 Å². The maximum atomic E-state index is 10.5. The highest BCUT2D eigenvalue weighted by Gasteiger charge is 2.10. The summed E-state index contributed by atoms with van der Waals surface area (Å²) in [6, 6.07) is 6.40. The van der Waals surface area contributed by atoms with Crippen molar-refractivity contribution in [3.63, 3.8) is 0 Å². The maximum absolute atomic E-state index is 10.5. The third kappa shape index (κ3) is 1.73. The van der Waals surface area contributed by atoms with Crippen LogP contribution in [0.15, 0.2) is 18.2 Å². The van der Waals surface area contributed by atoms with Crippen molar-refractivity contribution >= 4 is 17.3 Å². The van der Waals surface area contributed by atoms with Gasteiger partial charge in [-0.2, -0.15) is 0 Å². The summed E-state index contributed by atoms with van der Waals surface area (Å²) in [4.78, 5) is 15.0. The average Bonchev–Trinajstić information content (AvgIpc) is 2.53. The third-order valence-electron chi connectivity index (χ3n) is 2.77. The fraction of sp³-hybridized carbons (Fsp3) is 0.385. The first-order valence-corrected chi connectivity index (χ1v) is 5.54. The number of rotatable bonds is 3. The molecular formula is C13H16N2O. The first-order chi connectivity index (χ1) is 7.63. The predicted octanol–water partition coefficient (Wildman–Crippen LogP) is 2.67. The Balaban J connectivity index is 2.64. The SMILES string of the molecule is Cc1nc2ccc(CC=O)cc2n1C(C)C. The van der Waals surface area contributed by atoms with Crippen LogP contribution >= 0.6 is 0 Å². The lowest BCUT2D eigenvalue weighted by molar-refractivity contribution is -0.107. The second-order valence-electron chi connectivity index (χ2n) is 4.32. The van der Waals surface area contributed by atoms with Gasteiger partial charge in [-0.1, -0.05) is 6.07 Å². The van der Waals surface area contributed by atoms with E-state index in [9.17, 15) is 4.79 Å². The smallest absolute Gasteiger partial charge is 0.124 e. The molecule has 0 radical (unpaired) electrons. The molecule has 3 nitrogen and oxygen atoms in total. The lowest BCUT2D eigenvalue weighted by Gasteiger charge is -2.10. The first kappa shape index (κ1) is 10.9. The number of fused-ring (bicyclic) bond motifs is 1. The topological polar surface area (TPSA) is 34.9 Å². The van der Waals surface area contributed by atoms with Gasteiger partial charge in [-0.3, -0.25) is 0 Å². The van der Waals surface area contributed by atoms with Crippen LogP contribution < -0.4 is 0 Å². The van der Waals surface area contributed by atoms with Crippen LogP contribution in [0.4, 0.5) is 0 Å². The second-order valence-corrected chi connectivity index (χ2v) is 4.32. The van der Waals surface area contributed by atoms with Crippen molar-refractivity contribution in [2.75, 3.05) is 0 Å². The number of imidazole rings is 1. The molecule has 0 fully saturated rings. The van der Waals surface area contributed by atoms with Gasteiger partial charge in [-0.05, 0) is 38.5 Å². The summed E-state index contributed by atoms with van der Waals surface area (Å²) in [5.74, 6) is 1.02. The Morgan fingerprint density at radius 3 is 2.81 bits per heavy atom. The van der Waals surface area contributed by atoms with Gasteiger partial charge in [-0.15, -0.1) is 0 Å². The number of aldehydes is 1. The fourth-order valence-corrected chi connectivity index (χ4v) is 2.13. The van der Waals surface area contributed by atoms with E-state index in [1.54, 1.807) is 0 Å². The number of carbonyl (C=O) groups excluding carboxylic acids is 1. The van der Waals surface area contributed by atoms with Gasteiger partial charge >= 0.3 is 0 Å². The minimum atomic E-state index is 0.386. The van der Waals surface area contributed by atoms with Gasteiger partial charge in [0.2, 0.25) is 0 Å². The Kier molecular flexibility index (Phi) is 2.77. The highest BCUT2D eigenvalue weighted by Crippen LogP contribution is 2.21. The Labute approximate surface area is 95.1 Å². The van der Waals surface area contributed by atoms with Crippen LogP contribution in [-0.2, 0) is 11.2 Å². The van der Waals surface area contributed by atoms with Gasteiger partial charge in [0.25, 0.3) is 0 Å². The molecule has 16 heavy (non-hydrogen) atoms. The van der Waals surface area contributed by atoms with Crippen molar-refractivity contribution in [2.45, 2.75) is 33.2 Å². The van der Waals surface area contributed by atoms with Crippen molar-refractivity contribution in [2.24, 2.45) is 0 Å². The number of hydrogen-bond donors (Lipinski definition) is 0. The quantitative estimate of drug-likeness (QED) is 0.739. The number of benzene rings is 1. The summed E-state index contributed by atoms with van der Waals surface area (Å²) in [5.41, 5.74) is 3.16. The van der Waals surface area contributed by atoms with E-state index in [4.69, 9.17) is 0 Å². The maximum Gasteiger partial charge on any atom is 0.124 e. The Hall–Kier alpha value is -1.64. The molecule has 0 aliphatic carbocycles. The summed E-state index contributed by atoms with van der Waals surface area (Å²) in [7, 11) is 0. The molecule has 0 N–H and O–H groups in total. The molecule has 0 spiro atoms. The molecule has 0 aliphatic heterocycles. The average molecular weight is 216 g/mol. The molecule has 0 saturated heterocycles. The van der Waals surface area contributed by atoms with Crippen LogP contribution in [0.1, 0.15) is 31.3 Å². The van der Waals surface area contributed by atoms with Crippen molar-refractivity contribution in [1.82, 2.24) is 9.55 Å². The number of hydrogen-bond acceptors (Lipinski definition) is 2. The third-order valence-corrected chi connectivity index (χ3v) is 2.77. The molecule has 0 atom stereocenters. The lowest BCUT2D eigenvalue weighted by atomic mass is 10.1. The van der Waals surface area contributed by atoms with Crippen LogP contribution in [-0.4, -0.2) is 15.8 Å². The number of aromatic nitrogens is 2. The minimum Gasteiger partial charge on any atom is -0.326 e. The highest BCUT2D eigenvalue weighted by atomic mass is 16.1. The van der Waals surface area contributed by atoms with Gasteiger partial charge in [-0.25, -0.2) is 4.98 Å². The molecule has 3 heteroatoms. The largest absolute Gasteiger partial charge is 0.326 e. The zero-order valence-corrected chi connectivity index (χ0v) is 9.90. The van der Waals surface area contributed by atoms with Gasteiger partial charge in [0.05, 0.1) is 11.0 Å². The highest BCUT2D eigenvalue weighted by molar-refractivity contribution is 5.78. The first-order valence-electron chi connectivity index (χ1n) is 5.54. The van der Waals surface area contributed by atoms with Gasteiger partial charge in [0, 0.05) is 12.5 Å². The number of carbonyl (C=O) groups is 1. The number of nitrogens with zero attached hydrogens (tertiary/aromatic N) is 2. The van der Waals surface area contributed by atoms with E-state index < -0.39 is 0 Å². The zero-order chi connectivity index (χ0) is 11.7. The van der Waals surface area contributed by atoms with E-state index in [0.717, 1.165) is 28.7 Å². The van der Waals surface area contributed by atoms with E-state index in [2.05, 4.69) is 29.5 Å². The number of aryl methyl sites for hydroxylation is 1. The normalized spacial score (nSPS) is 11.2. The summed E-state index contributed by atoms with van der Waals surface area (Å²) < 4.78 is 2.20. The molecule has 0 bridgehead atoms. The summed E-state index contributed by atoms with van der Waals surface area (Å²) in [5, 5.41) is 0. The molecular weight excluding hydrogens is 200 g/mol. The van der Waals surface area contributed by atoms with Crippen LogP contribution in [0.3, 0.4) is 0 Å². The Morgan fingerprint density at radius 2 is 2.19 bits per heavy atom. The van der Waals surface area contributed by atoms with E-state index in [1.165, 1.54) is 0 Å². The monoisotopic (exact) mass is 216 g/mol. The molecule has 1 aromatic heterocycles. The molecule has 84 valence electrons. The standard InChI is InChI=1S/C13H16N2O/c1-9(2)15-10(3)14-12-5-4-11(6-7-16)8-13(12)15/h4-5,7-9H,6H2,1-3H3. The van der Waals surface area contributed by atoms with Crippen LogP contribution in [0.5, 0.6) is 0 Å². The predicted molar refractivity (Wildman–Crippen MR) is 64.6 cm³/mol. The summed E-state index contributed by atoms with van der Waals surface area (Å²) in [6.07, 6.45) is 1.41. The van der Waals surface area contributed by atoms with Crippen LogP contribution in [0.2, 0.25) is 0 Å². The van der Waals surface area contributed by atoms with Crippen LogP contribution in [0, 0.1) is 6.92 Å². The molecule has 0 unspecified atom stereocenters. The molecule has 1 heterocycles. The molecule has 0 saturated carbocycles. The molecule has 0 aliphatic rings. The summed E-state index contributed by atoms with van der Waals surface area (Å²) >= 11 is 0. The van der Waals surface area contributed by atoms with Crippen molar-refractivity contribution in [3.8, 4) is 0 Å². The molecule has 2 rings (SSSR count). The Morgan fingerprint density at radius 1 is 1.44 bits per heavy atom. The fourth-order valence-electron chi connectivity index (χ4n) is 2.13. The van der Waals surface area contributed by atoms with Crippen molar-refractivity contribution < 1.29 is 4.79 Å². The van der Waals surface area contributed by atoms with Crippen molar-refractivity contribution in [1.29, 1.82) is 0 Å². The van der Waals surface area contributed by atoms with Gasteiger partial charge in [0.15, 0.2) is 0 Å². The lowest BCUT2D eigenvalue weighted by Crippen LogP contribution is -2.02. The van der Waals surface area contributed by atoms with E-state index in [1.807, 2.05) is 19.1 Å². The summed E-state index contributed by atoms with van der Waals surface area (Å²) in [6.45, 7) is 6.29. The Bertz CT molecular complexity index is 526. The van der Waals surface area contributed by atoms with Gasteiger partial charge < -0.3 is 9.36 Å². The zero-order valence-electron chi connectivity index (χ0n) is 9.90. The van der Waals surface area contributed by atoms with Crippen molar-refractivity contribution in [3.05, 3.63) is 29.6 Å². The minimum absolute atomic E-state index is 0.386. The second kappa shape index (κ2) is 4.08. The molecule has 0 amide bonds. The molecule has 2 aromatic rings. The van der Waals surface area contributed by atoms with Crippen LogP contribution in [0.25, 0.3) is 11.0 Å². The van der Waals surface area contributed by atoms with E-state index >= 15 is 0 Å². The molecule has 1 aromatic carbocycles. The van der Waals surface area contributed by atoms with E-state index in [0.29, 0.717) is 12.5 Å².